The molecule has 5 atom stereocenters. The molecule has 0 radical (unpaired) electrons. The Morgan fingerprint density at radius 1 is 1.04 bits per heavy atom. The van der Waals surface area contributed by atoms with Crippen LogP contribution in [0.2, 0.25) is 0 Å². The third-order valence-electron chi connectivity index (χ3n) is 4.15. The largest absolute Gasteiger partial charge is 0.463 e. The van der Waals surface area contributed by atoms with Gasteiger partial charge in [0.1, 0.15) is 31.0 Å². The number of nitrogens with zero attached hydrogens (tertiary/aromatic N) is 3. The van der Waals surface area contributed by atoms with E-state index < -0.39 is 42.6 Å². The molecule has 10 nitrogen and oxygen atoms in total. The van der Waals surface area contributed by atoms with Crippen molar-refractivity contribution in [1.29, 1.82) is 0 Å². The summed E-state index contributed by atoms with van der Waals surface area (Å²) in [4.78, 5) is 25.6. The number of carbonyl (C=O) groups excluding carboxylic acids is 2. The minimum atomic E-state index is -1.16. The van der Waals surface area contributed by atoms with Crippen LogP contribution in [0.15, 0.2) is 5.11 Å². The van der Waals surface area contributed by atoms with E-state index in [9.17, 15) is 9.59 Å². The van der Waals surface area contributed by atoms with Crippen molar-refractivity contribution in [3.63, 3.8) is 0 Å². The summed E-state index contributed by atoms with van der Waals surface area (Å²) >= 11 is 0. The number of esters is 2. The van der Waals surface area contributed by atoms with Crippen LogP contribution in [0.5, 0.6) is 0 Å². The zero-order chi connectivity index (χ0) is 20.9. The van der Waals surface area contributed by atoms with Gasteiger partial charge in [-0.3, -0.25) is 9.59 Å². The fraction of sp³-hybridized carbons (Fsp3) is 0.889. The van der Waals surface area contributed by atoms with Crippen molar-refractivity contribution in [2.45, 2.75) is 84.0 Å². The van der Waals surface area contributed by atoms with Gasteiger partial charge in [-0.1, -0.05) is 31.8 Å². The highest BCUT2D eigenvalue weighted by atomic mass is 16.7. The molecule has 1 saturated heterocycles. The van der Waals surface area contributed by atoms with Crippen molar-refractivity contribution in [3.8, 4) is 0 Å². The van der Waals surface area contributed by atoms with E-state index in [1.54, 1.807) is 0 Å². The predicted molar refractivity (Wildman–Crippen MR) is 99.3 cm³/mol. The van der Waals surface area contributed by atoms with Gasteiger partial charge in [0.05, 0.1) is 0 Å². The molecule has 28 heavy (non-hydrogen) atoms. The second-order valence-corrected chi connectivity index (χ2v) is 6.53. The van der Waals surface area contributed by atoms with Gasteiger partial charge in [-0.25, -0.2) is 0 Å². The smallest absolute Gasteiger partial charge is 0.304 e. The Morgan fingerprint density at radius 2 is 1.64 bits per heavy atom. The van der Waals surface area contributed by atoms with Crippen LogP contribution < -0.4 is 0 Å². The summed E-state index contributed by atoms with van der Waals surface area (Å²) in [6, 6.07) is -0.925. The van der Waals surface area contributed by atoms with Gasteiger partial charge in [0.15, 0.2) is 0 Å². The standard InChI is InChI=1S/C18H31N3O7/c1-5-7-9-24-16-14(11-26-12(3)22)28-18(27-13(4)23)15(20-21-19)17(16)25-10-8-6-2/h14-18H,5-11H2,1-4H3/t14?,15?,16-,17?,18-/m1/s1. The minimum absolute atomic E-state index is 0.0967. The maximum absolute atomic E-state index is 11.5. The number of hydrogen-bond acceptors (Lipinski definition) is 8. The monoisotopic (exact) mass is 401 g/mol. The lowest BCUT2D eigenvalue weighted by molar-refractivity contribution is -0.274. The maximum Gasteiger partial charge on any atom is 0.304 e. The molecule has 160 valence electrons. The van der Waals surface area contributed by atoms with E-state index in [4.69, 9.17) is 29.2 Å². The normalized spacial score (nSPS) is 26.9. The molecule has 0 aromatic rings. The van der Waals surface area contributed by atoms with Crippen molar-refractivity contribution in [2.75, 3.05) is 19.8 Å². The van der Waals surface area contributed by atoms with Crippen molar-refractivity contribution < 1.29 is 33.3 Å². The highest BCUT2D eigenvalue weighted by Crippen LogP contribution is 2.30. The third-order valence-corrected chi connectivity index (χ3v) is 4.15. The van der Waals surface area contributed by atoms with Crippen molar-refractivity contribution >= 4 is 11.9 Å². The minimum Gasteiger partial charge on any atom is -0.463 e. The summed E-state index contributed by atoms with van der Waals surface area (Å²) in [5.74, 6) is -1.06. The lowest BCUT2D eigenvalue weighted by Crippen LogP contribution is -2.60. The summed E-state index contributed by atoms with van der Waals surface area (Å²) in [6.07, 6.45) is 0.212. The fourth-order valence-corrected chi connectivity index (χ4v) is 2.79. The molecule has 1 rings (SSSR count). The molecule has 1 aliphatic rings. The first-order valence-corrected chi connectivity index (χ1v) is 9.68. The molecular formula is C18H31N3O7. The van der Waals surface area contributed by atoms with Crippen LogP contribution in [-0.4, -0.2) is 62.4 Å². The Balaban J connectivity index is 3.14. The average molecular weight is 401 g/mol. The quantitative estimate of drug-likeness (QED) is 0.162. The number of hydrogen-bond donors (Lipinski definition) is 0. The van der Waals surface area contributed by atoms with Gasteiger partial charge in [-0.2, -0.15) is 0 Å². The van der Waals surface area contributed by atoms with Gasteiger partial charge < -0.3 is 23.7 Å². The Kier molecular flexibility index (Phi) is 11.5. The Hall–Kier alpha value is -1.87. The first-order chi connectivity index (χ1) is 13.4. The van der Waals surface area contributed by atoms with Gasteiger partial charge in [-0.15, -0.1) is 0 Å². The van der Waals surface area contributed by atoms with Crippen LogP contribution in [0.4, 0.5) is 0 Å². The molecule has 0 bridgehead atoms. The van der Waals surface area contributed by atoms with E-state index in [1.165, 1.54) is 13.8 Å². The van der Waals surface area contributed by atoms with Crippen LogP contribution in [-0.2, 0) is 33.3 Å². The Labute approximate surface area is 165 Å². The van der Waals surface area contributed by atoms with E-state index >= 15 is 0 Å². The van der Waals surface area contributed by atoms with Crippen LogP contribution in [0, 0.1) is 0 Å². The summed E-state index contributed by atoms with van der Waals surface area (Å²) in [6.45, 7) is 7.34. The lowest BCUT2D eigenvalue weighted by atomic mass is 9.96. The second kappa shape index (κ2) is 13.3. The molecule has 1 heterocycles. The van der Waals surface area contributed by atoms with E-state index in [-0.39, 0.29) is 6.61 Å². The van der Waals surface area contributed by atoms with Crippen molar-refractivity contribution in [1.82, 2.24) is 0 Å². The molecule has 1 fully saturated rings. The number of rotatable bonds is 12. The molecule has 0 amide bonds. The SMILES string of the molecule is CCCCOC1C(N=[N+]=[N-])[C@H](OC(C)=O)OC(COC(C)=O)[C@H]1OCCCC. The zero-order valence-corrected chi connectivity index (χ0v) is 17.0. The van der Waals surface area contributed by atoms with Crippen molar-refractivity contribution in [2.24, 2.45) is 5.11 Å². The summed E-state index contributed by atoms with van der Waals surface area (Å²) < 4.78 is 28.1. The molecule has 0 N–H and O–H groups in total. The first kappa shape index (κ1) is 24.2. The third kappa shape index (κ3) is 8.02. The predicted octanol–water partition coefficient (Wildman–Crippen LogP) is 2.89. The van der Waals surface area contributed by atoms with Crippen LogP contribution >= 0.6 is 0 Å². The fourth-order valence-electron chi connectivity index (χ4n) is 2.79. The number of unbranched alkanes of at least 4 members (excludes halogenated alkanes) is 2. The van der Waals surface area contributed by atoms with Gasteiger partial charge in [0.2, 0.25) is 6.29 Å². The van der Waals surface area contributed by atoms with Crippen LogP contribution in [0.1, 0.15) is 53.4 Å². The molecule has 0 spiro atoms. The molecule has 0 aromatic heterocycles. The van der Waals surface area contributed by atoms with Gasteiger partial charge >= 0.3 is 11.9 Å². The number of carbonyl (C=O) groups is 2. The average Bonchev–Trinajstić information content (AvgIpc) is 2.63. The summed E-state index contributed by atoms with van der Waals surface area (Å²) in [5.41, 5.74) is 9.00. The molecule has 3 unspecified atom stereocenters. The highest BCUT2D eigenvalue weighted by molar-refractivity contribution is 5.66. The molecule has 0 saturated carbocycles. The summed E-state index contributed by atoms with van der Waals surface area (Å²) in [7, 11) is 0. The lowest BCUT2D eigenvalue weighted by Gasteiger charge is -2.44. The second-order valence-electron chi connectivity index (χ2n) is 6.53. The molecule has 0 aromatic carbocycles. The Morgan fingerprint density at radius 3 is 2.14 bits per heavy atom. The Bertz CT molecular complexity index is 539. The van der Waals surface area contributed by atoms with E-state index in [0.29, 0.717) is 13.2 Å². The van der Waals surface area contributed by atoms with E-state index in [0.717, 1.165) is 25.7 Å². The molecule has 0 aliphatic carbocycles. The molecule has 1 aliphatic heterocycles. The van der Waals surface area contributed by atoms with Crippen LogP contribution in [0.3, 0.4) is 0 Å². The topological polar surface area (TPSA) is 129 Å². The molecular weight excluding hydrogens is 370 g/mol. The van der Waals surface area contributed by atoms with Crippen LogP contribution in [0.25, 0.3) is 10.4 Å². The van der Waals surface area contributed by atoms with Gasteiger partial charge in [0.25, 0.3) is 0 Å². The maximum atomic E-state index is 11.5. The van der Waals surface area contributed by atoms with Crippen molar-refractivity contribution in [3.05, 3.63) is 10.4 Å². The zero-order valence-electron chi connectivity index (χ0n) is 17.0. The van der Waals surface area contributed by atoms with Gasteiger partial charge in [0, 0.05) is 32.0 Å². The van der Waals surface area contributed by atoms with Gasteiger partial charge in [-0.05, 0) is 18.4 Å². The number of azide groups is 1. The first-order valence-electron chi connectivity index (χ1n) is 9.68. The highest BCUT2D eigenvalue weighted by Gasteiger charge is 2.49. The summed E-state index contributed by atoms with van der Waals surface area (Å²) in [5, 5.41) is 3.75. The molecule has 10 heteroatoms. The number of ether oxygens (including phenoxy) is 5. The van der Waals surface area contributed by atoms with E-state index in [2.05, 4.69) is 10.0 Å². The van der Waals surface area contributed by atoms with E-state index in [1.807, 2.05) is 13.8 Å².